The largest absolute Gasteiger partial charge is 0.444 e. The highest BCUT2D eigenvalue weighted by molar-refractivity contribution is 5.80. The van der Waals surface area contributed by atoms with E-state index in [2.05, 4.69) is 5.32 Å². The van der Waals surface area contributed by atoms with Crippen LogP contribution < -0.4 is 5.32 Å². The molecule has 1 aliphatic carbocycles. The monoisotopic (exact) mass is 257 g/mol. The molecule has 1 amide bonds. The summed E-state index contributed by atoms with van der Waals surface area (Å²) in [5.41, 5.74) is -0.495. The summed E-state index contributed by atoms with van der Waals surface area (Å²) in [4.78, 5) is 22.6. The highest BCUT2D eigenvalue weighted by atomic mass is 16.6. The van der Waals surface area contributed by atoms with Gasteiger partial charge >= 0.3 is 6.09 Å². The Morgan fingerprint density at radius 3 is 2.50 bits per heavy atom. The number of nitrogens with one attached hydrogen (secondary N) is 1. The molecule has 0 atom stereocenters. The SMILES string of the molecule is CC(C)(C)OC(=O)NCCOCC(=O)CC1CC1. The molecule has 0 aromatic carbocycles. The van der Waals surface area contributed by atoms with Crippen LogP contribution in [0.3, 0.4) is 0 Å². The summed E-state index contributed by atoms with van der Waals surface area (Å²) in [5.74, 6) is 0.746. The van der Waals surface area contributed by atoms with Gasteiger partial charge in [-0.15, -0.1) is 0 Å². The second-order valence-corrected chi connectivity index (χ2v) is 5.67. The zero-order chi connectivity index (χ0) is 13.6. The Bertz CT molecular complexity index is 292. The van der Waals surface area contributed by atoms with Gasteiger partial charge < -0.3 is 14.8 Å². The van der Waals surface area contributed by atoms with Crippen LogP contribution in [-0.2, 0) is 14.3 Å². The van der Waals surface area contributed by atoms with Crippen LogP contribution in [0.2, 0.25) is 0 Å². The molecule has 18 heavy (non-hydrogen) atoms. The minimum atomic E-state index is -0.495. The first-order valence-corrected chi connectivity index (χ1v) is 6.43. The molecular formula is C13H23NO4. The third kappa shape index (κ3) is 8.06. The Labute approximate surface area is 108 Å². The van der Waals surface area contributed by atoms with Crippen LogP contribution in [0.5, 0.6) is 0 Å². The average Bonchev–Trinajstić information content (AvgIpc) is 2.98. The van der Waals surface area contributed by atoms with Gasteiger partial charge in [0.1, 0.15) is 12.2 Å². The van der Waals surface area contributed by atoms with Gasteiger partial charge in [0.05, 0.1) is 6.61 Å². The summed E-state index contributed by atoms with van der Waals surface area (Å²) in [7, 11) is 0. The van der Waals surface area contributed by atoms with Crippen molar-refractivity contribution in [1.82, 2.24) is 5.32 Å². The van der Waals surface area contributed by atoms with Gasteiger partial charge in [0.2, 0.25) is 0 Å². The molecule has 0 saturated heterocycles. The van der Waals surface area contributed by atoms with Gasteiger partial charge in [-0.2, -0.15) is 0 Å². The number of hydrogen-bond donors (Lipinski definition) is 1. The Morgan fingerprint density at radius 2 is 1.94 bits per heavy atom. The van der Waals surface area contributed by atoms with Crippen molar-refractivity contribution >= 4 is 11.9 Å². The lowest BCUT2D eigenvalue weighted by Crippen LogP contribution is -2.34. The van der Waals surface area contributed by atoms with Crippen molar-refractivity contribution in [2.24, 2.45) is 5.92 Å². The van der Waals surface area contributed by atoms with Crippen molar-refractivity contribution < 1.29 is 19.1 Å². The van der Waals surface area contributed by atoms with Crippen molar-refractivity contribution in [2.75, 3.05) is 19.8 Å². The maximum atomic E-state index is 11.3. The standard InChI is InChI=1S/C13H23NO4/c1-13(2,3)18-12(16)14-6-7-17-9-11(15)8-10-4-5-10/h10H,4-9H2,1-3H3,(H,14,16). The lowest BCUT2D eigenvalue weighted by Gasteiger charge is -2.19. The molecule has 0 bridgehead atoms. The van der Waals surface area contributed by atoms with Gasteiger partial charge in [0.25, 0.3) is 0 Å². The van der Waals surface area contributed by atoms with Crippen LogP contribution in [0.15, 0.2) is 0 Å². The van der Waals surface area contributed by atoms with Gasteiger partial charge in [-0.05, 0) is 39.5 Å². The van der Waals surface area contributed by atoms with Crippen molar-refractivity contribution in [3.05, 3.63) is 0 Å². The van der Waals surface area contributed by atoms with Crippen LogP contribution in [-0.4, -0.2) is 37.2 Å². The van der Waals surface area contributed by atoms with E-state index in [4.69, 9.17) is 9.47 Å². The average molecular weight is 257 g/mol. The lowest BCUT2D eigenvalue weighted by atomic mass is 10.2. The van der Waals surface area contributed by atoms with Gasteiger partial charge in [-0.3, -0.25) is 4.79 Å². The Balaban J connectivity index is 1.94. The molecule has 1 rings (SSSR count). The molecular weight excluding hydrogens is 234 g/mol. The van der Waals surface area contributed by atoms with E-state index in [-0.39, 0.29) is 12.4 Å². The Kier molecular flexibility index (Phi) is 5.59. The predicted molar refractivity (Wildman–Crippen MR) is 67.4 cm³/mol. The maximum Gasteiger partial charge on any atom is 0.407 e. The molecule has 0 heterocycles. The molecule has 5 nitrogen and oxygen atoms in total. The quantitative estimate of drug-likeness (QED) is 0.707. The van der Waals surface area contributed by atoms with E-state index in [1.54, 1.807) is 20.8 Å². The third-order valence-electron chi connectivity index (χ3n) is 2.39. The van der Waals surface area contributed by atoms with E-state index >= 15 is 0 Å². The number of carbonyl (C=O) groups is 2. The maximum absolute atomic E-state index is 11.3. The number of Topliss-reactive ketones (excluding diaryl/α,β-unsaturated/α-hetero) is 1. The first-order chi connectivity index (χ1) is 8.37. The molecule has 0 spiro atoms. The number of ketones is 1. The van der Waals surface area contributed by atoms with Gasteiger partial charge in [0.15, 0.2) is 5.78 Å². The molecule has 5 heteroatoms. The van der Waals surface area contributed by atoms with Crippen molar-refractivity contribution in [3.8, 4) is 0 Å². The molecule has 0 aromatic rings. The van der Waals surface area contributed by atoms with Crippen molar-refractivity contribution in [2.45, 2.75) is 45.6 Å². The summed E-state index contributed by atoms with van der Waals surface area (Å²) in [5, 5.41) is 2.57. The second-order valence-electron chi connectivity index (χ2n) is 5.67. The summed E-state index contributed by atoms with van der Waals surface area (Å²) >= 11 is 0. The van der Waals surface area contributed by atoms with Gasteiger partial charge in [-0.25, -0.2) is 4.79 Å². The first kappa shape index (κ1) is 15.0. The summed E-state index contributed by atoms with van der Waals surface area (Å²) in [6.45, 7) is 6.24. The van der Waals surface area contributed by atoms with Crippen LogP contribution in [0, 0.1) is 5.92 Å². The number of hydrogen-bond acceptors (Lipinski definition) is 4. The molecule has 1 N–H and O–H groups in total. The van der Waals surface area contributed by atoms with Crippen LogP contribution >= 0.6 is 0 Å². The fraction of sp³-hybridized carbons (Fsp3) is 0.846. The van der Waals surface area contributed by atoms with Crippen LogP contribution in [0.4, 0.5) is 4.79 Å². The third-order valence-corrected chi connectivity index (χ3v) is 2.39. The topological polar surface area (TPSA) is 64.6 Å². The molecule has 104 valence electrons. The zero-order valence-corrected chi connectivity index (χ0v) is 11.5. The van der Waals surface area contributed by atoms with E-state index in [9.17, 15) is 9.59 Å². The Morgan fingerprint density at radius 1 is 1.28 bits per heavy atom. The fourth-order valence-corrected chi connectivity index (χ4v) is 1.43. The number of alkyl carbamates (subject to hydrolysis) is 1. The minimum absolute atomic E-state index is 0.145. The van der Waals surface area contributed by atoms with E-state index < -0.39 is 11.7 Å². The van der Waals surface area contributed by atoms with Gasteiger partial charge in [-0.1, -0.05) is 0 Å². The van der Waals surface area contributed by atoms with Crippen molar-refractivity contribution in [1.29, 1.82) is 0 Å². The molecule has 1 aliphatic rings. The number of rotatable bonds is 7. The summed E-state index contributed by atoms with van der Waals surface area (Å²) < 4.78 is 10.2. The van der Waals surface area contributed by atoms with E-state index in [0.29, 0.717) is 25.5 Å². The number of carbonyl (C=O) groups excluding carboxylic acids is 2. The van der Waals surface area contributed by atoms with E-state index in [0.717, 1.165) is 0 Å². The lowest BCUT2D eigenvalue weighted by molar-refractivity contribution is -0.123. The molecule has 1 fully saturated rings. The van der Waals surface area contributed by atoms with Gasteiger partial charge in [0, 0.05) is 13.0 Å². The second kappa shape index (κ2) is 6.73. The van der Waals surface area contributed by atoms with Crippen LogP contribution in [0.25, 0.3) is 0 Å². The van der Waals surface area contributed by atoms with Crippen LogP contribution in [0.1, 0.15) is 40.0 Å². The highest BCUT2D eigenvalue weighted by Crippen LogP contribution is 2.32. The molecule has 0 aromatic heterocycles. The summed E-state index contributed by atoms with van der Waals surface area (Å²) in [6, 6.07) is 0. The molecule has 0 radical (unpaired) electrons. The molecule has 1 saturated carbocycles. The minimum Gasteiger partial charge on any atom is -0.444 e. The molecule has 0 aliphatic heterocycles. The molecule has 0 unspecified atom stereocenters. The van der Waals surface area contributed by atoms with Crippen molar-refractivity contribution in [3.63, 3.8) is 0 Å². The van der Waals surface area contributed by atoms with E-state index in [1.165, 1.54) is 12.8 Å². The smallest absolute Gasteiger partial charge is 0.407 e. The highest BCUT2D eigenvalue weighted by Gasteiger charge is 2.24. The normalized spacial score (nSPS) is 15.3. The predicted octanol–water partition coefficient (Wildman–Crippen LogP) is 1.90. The number of amides is 1. The zero-order valence-electron chi connectivity index (χ0n) is 11.5. The summed E-state index contributed by atoms with van der Waals surface area (Å²) in [6.07, 6.45) is 2.52. The fourth-order valence-electron chi connectivity index (χ4n) is 1.43. The number of ether oxygens (including phenoxy) is 2. The Hall–Kier alpha value is -1.10. The first-order valence-electron chi connectivity index (χ1n) is 6.43. The van der Waals surface area contributed by atoms with E-state index in [1.807, 2.05) is 0 Å².